The third-order valence-electron chi connectivity index (χ3n) is 2.93. The van der Waals surface area contributed by atoms with Gasteiger partial charge in [-0.05, 0) is 13.0 Å². The van der Waals surface area contributed by atoms with E-state index in [4.69, 9.17) is 4.52 Å². The van der Waals surface area contributed by atoms with Gasteiger partial charge in [-0.25, -0.2) is 4.98 Å². The maximum Gasteiger partial charge on any atom is 0.435 e. The average molecular weight is 326 g/mol. The lowest BCUT2D eigenvalue weighted by Gasteiger charge is -2.01. The number of aryl methyl sites for hydroxylation is 1. The minimum Gasteiger partial charge on any atom is -0.337 e. The lowest BCUT2D eigenvalue weighted by atomic mass is 10.3. The Morgan fingerprint density at radius 2 is 2.17 bits per heavy atom. The van der Waals surface area contributed by atoms with Crippen molar-refractivity contribution < 1.29 is 17.7 Å². The van der Waals surface area contributed by atoms with Gasteiger partial charge in [-0.2, -0.15) is 23.3 Å². The van der Waals surface area contributed by atoms with Gasteiger partial charge in [0.05, 0.1) is 6.20 Å². The molecule has 3 aromatic heterocycles. The Hall–Kier alpha value is -2.98. The monoisotopic (exact) mass is 326 g/mol. The molecule has 0 atom stereocenters. The number of halogens is 3. The third kappa shape index (κ3) is 3.12. The number of alkyl halides is 3. The standard InChI is InChI=1S/C12H9F3N6O2/c1-6-2-8(12(13,14)15)19-21(6)5-10-18-11(20-23-10)7-3-17-9(22)4-16-7/h2-4H,5H2,1H3,(H,17,22). The van der Waals surface area contributed by atoms with Crippen LogP contribution in [0.25, 0.3) is 11.5 Å². The van der Waals surface area contributed by atoms with Crippen LogP contribution < -0.4 is 5.56 Å². The van der Waals surface area contributed by atoms with Crippen molar-refractivity contribution in [3.63, 3.8) is 0 Å². The molecule has 0 saturated carbocycles. The van der Waals surface area contributed by atoms with Gasteiger partial charge in [-0.15, -0.1) is 0 Å². The van der Waals surface area contributed by atoms with Gasteiger partial charge < -0.3 is 9.51 Å². The van der Waals surface area contributed by atoms with E-state index in [-0.39, 0.29) is 29.5 Å². The van der Waals surface area contributed by atoms with Crippen LogP contribution in [-0.4, -0.2) is 29.9 Å². The van der Waals surface area contributed by atoms with Crippen molar-refractivity contribution >= 4 is 0 Å². The van der Waals surface area contributed by atoms with Crippen LogP contribution >= 0.6 is 0 Å². The molecule has 0 aliphatic carbocycles. The Balaban J connectivity index is 1.83. The summed E-state index contributed by atoms with van der Waals surface area (Å²) in [5.74, 6) is 0.171. The van der Waals surface area contributed by atoms with Crippen LogP contribution in [0, 0.1) is 6.92 Å². The van der Waals surface area contributed by atoms with Crippen molar-refractivity contribution in [2.75, 3.05) is 0 Å². The minimum absolute atomic E-state index is 0.0629. The molecule has 0 bridgehead atoms. The summed E-state index contributed by atoms with van der Waals surface area (Å²) >= 11 is 0. The second-order valence-electron chi connectivity index (χ2n) is 4.63. The zero-order valence-electron chi connectivity index (χ0n) is 11.6. The average Bonchev–Trinajstić information content (AvgIpc) is 3.08. The van der Waals surface area contributed by atoms with Gasteiger partial charge in [0, 0.05) is 11.9 Å². The van der Waals surface area contributed by atoms with Gasteiger partial charge in [0.15, 0.2) is 5.69 Å². The van der Waals surface area contributed by atoms with Crippen LogP contribution in [0.1, 0.15) is 17.3 Å². The molecule has 0 fully saturated rings. The summed E-state index contributed by atoms with van der Waals surface area (Å²) in [4.78, 5) is 21.2. The first-order valence-electron chi connectivity index (χ1n) is 6.32. The third-order valence-corrected chi connectivity index (χ3v) is 2.93. The molecule has 0 aliphatic rings. The molecule has 3 rings (SSSR count). The summed E-state index contributed by atoms with van der Waals surface area (Å²) in [6, 6.07) is 0.931. The molecule has 3 heterocycles. The molecule has 11 heteroatoms. The minimum atomic E-state index is -4.52. The van der Waals surface area contributed by atoms with Crippen LogP contribution in [0.2, 0.25) is 0 Å². The number of aromatic nitrogens is 6. The van der Waals surface area contributed by atoms with Crippen molar-refractivity contribution in [1.82, 2.24) is 29.9 Å². The Morgan fingerprint density at radius 1 is 1.39 bits per heavy atom. The Bertz CT molecular complexity index is 874. The number of H-pyrrole nitrogens is 1. The molecule has 8 nitrogen and oxygen atoms in total. The molecule has 0 radical (unpaired) electrons. The van der Waals surface area contributed by atoms with Gasteiger partial charge in [-0.1, -0.05) is 5.16 Å². The number of aromatic amines is 1. The summed E-state index contributed by atoms with van der Waals surface area (Å²) in [5, 5.41) is 7.13. The first-order chi connectivity index (χ1) is 10.8. The van der Waals surface area contributed by atoms with Crippen molar-refractivity contribution in [3.05, 3.63) is 46.1 Å². The highest BCUT2D eigenvalue weighted by Gasteiger charge is 2.34. The number of nitrogens with zero attached hydrogens (tertiary/aromatic N) is 5. The summed E-state index contributed by atoms with van der Waals surface area (Å²) in [5.41, 5.74) is -0.798. The fourth-order valence-corrected chi connectivity index (χ4v) is 1.82. The summed E-state index contributed by atoms with van der Waals surface area (Å²) in [7, 11) is 0. The number of hydrogen-bond donors (Lipinski definition) is 1. The molecule has 0 unspecified atom stereocenters. The molecule has 1 N–H and O–H groups in total. The van der Waals surface area contributed by atoms with Crippen molar-refractivity contribution in [2.45, 2.75) is 19.6 Å². The topological polar surface area (TPSA) is 102 Å². The zero-order valence-corrected chi connectivity index (χ0v) is 11.6. The van der Waals surface area contributed by atoms with Gasteiger partial charge in [0.2, 0.25) is 11.7 Å². The first kappa shape index (κ1) is 14.9. The largest absolute Gasteiger partial charge is 0.435 e. The number of nitrogens with one attached hydrogen (secondary N) is 1. The van der Waals surface area contributed by atoms with E-state index in [9.17, 15) is 18.0 Å². The molecular weight excluding hydrogens is 317 g/mol. The van der Waals surface area contributed by atoms with E-state index < -0.39 is 11.9 Å². The maximum atomic E-state index is 12.6. The number of hydrogen-bond acceptors (Lipinski definition) is 6. The SMILES string of the molecule is Cc1cc(C(F)(F)F)nn1Cc1nc(-c2c[nH]c(=O)cn2)no1. The Morgan fingerprint density at radius 3 is 2.78 bits per heavy atom. The smallest absolute Gasteiger partial charge is 0.337 e. The predicted octanol–water partition coefficient (Wildman–Crippen LogP) is 1.39. The fraction of sp³-hybridized carbons (Fsp3) is 0.250. The molecule has 23 heavy (non-hydrogen) atoms. The highest BCUT2D eigenvalue weighted by atomic mass is 19.4. The molecular formula is C12H9F3N6O2. The van der Waals surface area contributed by atoms with E-state index in [0.717, 1.165) is 16.9 Å². The highest BCUT2D eigenvalue weighted by molar-refractivity contribution is 5.45. The molecule has 3 aromatic rings. The second kappa shape index (κ2) is 5.34. The maximum absolute atomic E-state index is 12.6. The molecule has 0 aliphatic heterocycles. The van der Waals surface area contributed by atoms with Crippen molar-refractivity contribution in [2.24, 2.45) is 0 Å². The van der Waals surface area contributed by atoms with Crippen molar-refractivity contribution in [3.8, 4) is 11.5 Å². The quantitative estimate of drug-likeness (QED) is 0.780. The van der Waals surface area contributed by atoms with Gasteiger partial charge in [0.25, 0.3) is 5.56 Å². The molecule has 0 amide bonds. The van der Waals surface area contributed by atoms with E-state index in [1.54, 1.807) is 0 Å². The molecule has 0 aromatic carbocycles. The normalized spacial score (nSPS) is 11.8. The van der Waals surface area contributed by atoms with Crippen LogP contribution in [0.3, 0.4) is 0 Å². The van der Waals surface area contributed by atoms with E-state index in [1.165, 1.54) is 13.1 Å². The highest BCUT2D eigenvalue weighted by Crippen LogP contribution is 2.28. The van der Waals surface area contributed by atoms with E-state index in [2.05, 4.69) is 25.2 Å². The Labute approximate surface area is 126 Å². The van der Waals surface area contributed by atoms with E-state index in [0.29, 0.717) is 5.69 Å². The second-order valence-corrected chi connectivity index (χ2v) is 4.63. The van der Waals surface area contributed by atoms with E-state index in [1.807, 2.05) is 0 Å². The Kier molecular flexibility index (Phi) is 3.47. The lowest BCUT2D eigenvalue weighted by Crippen LogP contribution is -2.09. The summed E-state index contributed by atoms with van der Waals surface area (Å²) < 4.78 is 43.9. The molecule has 0 spiro atoms. The summed E-state index contributed by atoms with van der Waals surface area (Å²) in [6.45, 7) is 1.38. The van der Waals surface area contributed by atoms with E-state index >= 15 is 0 Å². The lowest BCUT2D eigenvalue weighted by molar-refractivity contribution is -0.141. The molecule has 0 saturated heterocycles. The summed E-state index contributed by atoms with van der Waals surface area (Å²) in [6.07, 6.45) is -2.16. The van der Waals surface area contributed by atoms with Crippen LogP contribution in [0.15, 0.2) is 27.8 Å². The first-order valence-corrected chi connectivity index (χ1v) is 6.32. The van der Waals surface area contributed by atoms with Crippen LogP contribution in [0.4, 0.5) is 13.2 Å². The van der Waals surface area contributed by atoms with Gasteiger partial charge >= 0.3 is 6.18 Å². The van der Waals surface area contributed by atoms with Gasteiger partial charge in [0.1, 0.15) is 12.2 Å². The number of rotatable bonds is 3. The van der Waals surface area contributed by atoms with Crippen LogP contribution in [-0.2, 0) is 12.7 Å². The van der Waals surface area contributed by atoms with Gasteiger partial charge in [-0.3, -0.25) is 9.48 Å². The molecule has 120 valence electrons. The predicted molar refractivity (Wildman–Crippen MR) is 69.2 cm³/mol. The fourth-order valence-electron chi connectivity index (χ4n) is 1.82. The zero-order chi connectivity index (χ0) is 16.6. The van der Waals surface area contributed by atoms with Crippen LogP contribution in [0.5, 0.6) is 0 Å². The van der Waals surface area contributed by atoms with Crippen molar-refractivity contribution in [1.29, 1.82) is 0 Å².